The van der Waals surface area contributed by atoms with E-state index in [9.17, 15) is 0 Å². The predicted octanol–water partition coefficient (Wildman–Crippen LogP) is 2.83. The van der Waals surface area contributed by atoms with E-state index in [-0.39, 0.29) is 0 Å². The van der Waals surface area contributed by atoms with Crippen molar-refractivity contribution in [1.82, 2.24) is 14.6 Å². The molecule has 5 heteroatoms. The van der Waals surface area contributed by atoms with Gasteiger partial charge in [0.25, 0.3) is 0 Å². The monoisotopic (exact) mass is 274 g/mol. The smallest absolute Gasteiger partial charge is 0.157 e. The van der Waals surface area contributed by atoms with E-state index in [1.807, 2.05) is 17.5 Å². The molecule has 3 rings (SSSR count). The third-order valence-corrected chi connectivity index (χ3v) is 3.82. The summed E-state index contributed by atoms with van der Waals surface area (Å²) in [5.74, 6) is 1.44. The molecule has 1 aliphatic carbocycles. The van der Waals surface area contributed by atoms with Crippen molar-refractivity contribution in [3.63, 3.8) is 0 Å². The minimum absolute atomic E-state index is 0.410. The van der Waals surface area contributed by atoms with Crippen molar-refractivity contribution in [1.29, 1.82) is 0 Å². The fraction of sp³-hybridized carbons (Fsp3) is 0.600. The van der Waals surface area contributed by atoms with Crippen LogP contribution in [0.25, 0.3) is 5.65 Å². The van der Waals surface area contributed by atoms with Crippen LogP contribution in [0.15, 0.2) is 18.3 Å². The van der Waals surface area contributed by atoms with Crippen molar-refractivity contribution >= 4 is 11.5 Å². The molecule has 0 aromatic carbocycles. The van der Waals surface area contributed by atoms with E-state index >= 15 is 0 Å². The maximum absolute atomic E-state index is 5.61. The lowest BCUT2D eigenvalue weighted by atomic mass is 9.89. The van der Waals surface area contributed by atoms with Gasteiger partial charge < -0.3 is 10.1 Å². The van der Waals surface area contributed by atoms with Crippen molar-refractivity contribution in [3.05, 3.63) is 24.0 Å². The fourth-order valence-corrected chi connectivity index (χ4v) is 2.60. The highest BCUT2D eigenvalue weighted by Gasteiger charge is 2.30. The molecule has 2 aromatic rings. The van der Waals surface area contributed by atoms with E-state index in [0.717, 1.165) is 36.6 Å². The Kier molecular flexibility index (Phi) is 3.61. The molecule has 1 saturated carbocycles. The third kappa shape index (κ3) is 2.50. The summed E-state index contributed by atoms with van der Waals surface area (Å²) in [6.07, 6.45) is 4.34. The molecule has 0 radical (unpaired) electrons. The number of nitrogens with one attached hydrogen (secondary N) is 1. The zero-order chi connectivity index (χ0) is 14.1. The van der Waals surface area contributed by atoms with Gasteiger partial charge in [-0.3, -0.25) is 0 Å². The van der Waals surface area contributed by atoms with Crippen LogP contribution in [-0.4, -0.2) is 33.4 Å². The van der Waals surface area contributed by atoms with E-state index in [0.29, 0.717) is 18.1 Å². The van der Waals surface area contributed by atoms with E-state index < -0.39 is 0 Å². The van der Waals surface area contributed by atoms with Gasteiger partial charge in [0.15, 0.2) is 5.65 Å². The van der Waals surface area contributed by atoms with E-state index in [1.165, 1.54) is 0 Å². The SMILES string of the molecule is CCOC1CC(Nc2cc(C(C)C)nc3ccnn23)C1. The third-order valence-electron chi connectivity index (χ3n) is 3.82. The Balaban J connectivity index is 1.78. The summed E-state index contributed by atoms with van der Waals surface area (Å²) < 4.78 is 7.48. The molecule has 5 nitrogen and oxygen atoms in total. The summed E-state index contributed by atoms with van der Waals surface area (Å²) in [5, 5.41) is 7.92. The molecule has 1 aliphatic rings. The first-order chi connectivity index (χ1) is 9.67. The minimum atomic E-state index is 0.410. The predicted molar refractivity (Wildman–Crippen MR) is 79.1 cm³/mol. The molecule has 20 heavy (non-hydrogen) atoms. The van der Waals surface area contributed by atoms with Crippen molar-refractivity contribution < 1.29 is 4.74 Å². The summed E-state index contributed by atoms with van der Waals surface area (Å²) in [4.78, 5) is 4.63. The van der Waals surface area contributed by atoms with Gasteiger partial charge in [-0.2, -0.15) is 9.61 Å². The molecule has 0 amide bonds. The molecule has 1 N–H and O–H groups in total. The molecule has 2 heterocycles. The lowest BCUT2D eigenvalue weighted by molar-refractivity contribution is 0.00289. The van der Waals surface area contributed by atoms with Crippen LogP contribution in [0.3, 0.4) is 0 Å². The quantitative estimate of drug-likeness (QED) is 0.911. The standard InChI is InChI=1S/C15H22N4O/c1-4-20-12-7-11(8-12)17-15-9-13(10(2)3)18-14-5-6-16-19(14)15/h5-6,9-12,17H,4,7-8H2,1-3H3. The van der Waals surface area contributed by atoms with Crippen molar-refractivity contribution in [3.8, 4) is 0 Å². The van der Waals surface area contributed by atoms with Crippen molar-refractivity contribution in [2.45, 2.75) is 51.7 Å². The van der Waals surface area contributed by atoms with Crippen LogP contribution in [0.1, 0.15) is 45.2 Å². The Morgan fingerprint density at radius 3 is 2.95 bits per heavy atom. The van der Waals surface area contributed by atoms with Gasteiger partial charge in [-0.25, -0.2) is 4.98 Å². The highest BCUT2D eigenvalue weighted by atomic mass is 16.5. The molecule has 108 valence electrons. The van der Waals surface area contributed by atoms with Gasteiger partial charge in [-0.15, -0.1) is 0 Å². The summed E-state index contributed by atoms with van der Waals surface area (Å²) >= 11 is 0. The number of aromatic nitrogens is 3. The average molecular weight is 274 g/mol. The number of rotatable bonds is 5. The first-order valence-corrected chi connectivity index (χ1v) is 7.40. The van der Waals surface area contributed by atoms with Gasteiger partial charge in [0.2, 0.25) is 0 Å². The van der Waals surface area contributed by atoms with Crippen LogP contribution < -0.4 is 5.32 Å². The lowest BCUT2D eigenvalue weighted by Crippen LogP contribution is -2.41. The van der Waals surface area contributed by atoms with Gasteiger partial charge in [0.05, 0.1) is 12.3 Å². The van der Waals surface area contributed by atoms with Gasteiger partial charge >= 0.3 is 0 Å². The number of anilines is 1. The first-order valence-electron chi connectivity index (χ1n) is 7.40. The summed E-state index contributed by atoms with van der Waals surface area (Å²) in [6, 6.07) is 4.53. The number of ether oxygens (including phenoxy) is 1. The highest BCUT2D eigenvalue weighted by molar-refractivity contribution is 5.50. The highest BCUT2D eigenvalue weighted by Crippen LogP contribution is 2.28. The van der Waals surface area contributed by atoms with E-state index in [1.54, 1.807) is 6.20 Å². The van der Waals surface area contributed by atoms with Crippen molar-refractivity contribution in [2.24, 2.45) is 0 Å². The van der Waals surface area contributed by atoms with Crippen LogP contribution in [0.2, 0.25) is 0 Å². The van der Waals surface area contributed by atoms with Crippen LogP contribution in [0, 0.1) is 0 Å². The fourth-order valence-electron chi connectivity index (χ4n) is 2.60. The number of nitrogens with zero attached hydrogens (tertiary/aromatic N) is 3. The van der Waals surface area contributed by atoms with Crippen LogP contribution in [0.5, 0.6) is 0 Å². The number of fused-ring (bicyclic) bond motifs is 1. The van der Waals surface area contributed by atoms with E-state index in [2.05, 4.69) is 35.3 Å². The molecule has 0 unspecified atom stereocenters. The van der Waals surface area contributed by atoms with Crippen molar-refractivity contribution in [2.75, 3.05) is 11.9 Å². The molecule has 0 saturated heterocycles. The van der Waals surface area contributed by atoms with E-state index in [4.69, 9.17) is 4.74 Å². The molecule has 0 atom stereocenters. The molecule has 0 bridgehead atoms. The number of hydrogen-bond donors (Lipinski definition) is 1. The maximum Gasteiger partial charge on any atom is 0.157 e. The molecule has 0 aliphatic heterocycles. The second-order valence-electron chi connectivity index (χ2n) is 5.71. The average Bonchev–Trinajstić information content (AvgIpc) is 2.84. The Morgan fingerprint density at radius 2 is 2.25 bits per heavy atom. The first kappa shape index (κ1) is 13.4. The second kappa shape index (κ2) is 5.40. The topological polar surface area (TPSA) is 51.5 Å². The Hall–Kier alpha value is -1.62. The van der Waals surface area contributed by atoms with Gasteiger partial charge in [-0.1, -0.05) is 13.8 Å². The maximum atomic E-state index is 5.61. The Labute approximate surface area is 119 Å². The van der Waals surface area contributed by atoms with Gasteiger partial charge in [0, 0.05) is 30.5 Å². The zero-order valence-electron chi connectivity index (χ0n) is 12.3. The van der Waals surface area contributed by atoms with Gasteiger partial charge in [-0.05, 0) is 25.7 Å². The van der Waals surface area contributed by atoms with Crippen LogP contribution in [0.4, 0.5) is 5.82 Å². The second-order valence-corrected chi connectivity index (χ2v) is 5.71. The molecular weight excluding hydrogens is 252 g/mol. The van der Waals surface area contributed by atoms with Crippen LogP contribution >= 0.6 is 0 Å². The van der Waals surface area contributed by atoms with Crippen LogP contribution in [-0.2, 0) is 4.74 Å². The largest absolute Gasteiger partial charge is 0.378 e. The molecular formula is C15H22N4O. The number of hydrogen-bond acceptors (Lipinski definition) is 4. The summed E-state index contributed by atoms with van der Waals surface area (Å²) in [6.45, 7) is 7.17. The summed E-state index contributed by atoms with van der Waals surface area (Å²) in [7, 11) is 0. The zero-order valence-corrected chi connectivity index (χ0v) is 12.3. The molecule has 2 aromatic heterocycles. The summed E-state index contributed by atoms with van der Waals surface area (Å²) in [5.41, 5.74) is 2.00. The minimum Gasteiger partial charge on any atom is -0.378 e. The Morgan fingerprint density at radius 1 is 1.45 bits per heavy atom. The lowest BCUT2D eigenvalue weighted by Gasteiger charge is -2.36. The van der Waals surface area contributed by atoms with Gasteiger partial charge in [0.1, 0.15) is 5.82 Å². The molecule has 0 spiro atoms. The Bertz CT molecular complexity index is 587. The normalized spacial score (nSPS) is 22.2. The molecule has 1 fully saturated rings.